The molecule has 0 radical (unpaired) electrons. The summed E-state index contributed by atoms with van der Waals surface area (Å²) in [6.45, 7) is 2.35. The van der Waals surface area contributed by atoms with Crippen molar-refractivity contribution >= 4 is 39.0 Å². The number of nitrogens with two attached hydrogens (primary N) is 1. The van der Waals surface area contributed by atoms with Crippen LogP contribution in [0.1, 0.15) is 22.8 Å². The Morgan fingerprint density at radius 2 is 2.00 bits per heavy atom. The third kappa shape index (κ3) is 3.14. The Kier molecular flexibility index (Phi) is 4.68. The molecule has 0 fully saturated rings. The van der Waals surface area contributed by atoms with Gasteiger partial charge in [0.2, 0.25) is 0 Å². The van der Waals surface area contributed by atoms with Crippen LogP contribution in [0.4, 0.5) is 5.69 Å². The molecule has 0 bridgehead atoms. The first kappa shape index (κ1) is 14.9. The molecule has 0 heterocycles. The van der Waals surface area contributed by atoms with Crippen molar-refractivity contribution < 1.29 is 9.53 Å². The summed E-state index contributed by atoms with van der Waals surface area (Å²) in [5.74, 6) is 0.346. The van der Waals surface area contributed by atoms with Crippen molar-refractivity contribution in [3.63, 3.8) is 0 Å². The van der Waals surface area contributed by atoms with Crippen LogP contribution in [0.3, 0.4) is 0 Å². The van der Waals surface area contributed by atoms with Crippen molar-refractivity contribution in [1.82, 2.24) is 0 Å². The second-order valence-electron chi connectivity index (χ2n) is 4.13. The van der Waals surface area contributed by atoms with Gasteiger partial charge < -0.3 is 10.5 Å². The molecular formula is C15H13BrClNO2. The minimum absolute atomic E-state index is 0.191. The van der Waals surface area contributed by atoms with Gasteiger partial charge in [-0.25, -0.2) is 0 Å². The first-order chi connectivity index (χ1) is 9.52. The van der Waals surface area contributed by atoms with Crippen molar-refractivity contribution in [3.8, 4) is 5.75 Å². The molecule has 104 valence electrons. The largest absolute Gasteiger partial charge is 0.493 e. The fourth-order valence-corrected chi connectivity index (χ4v) is 2.39. The van der Waals surface area contributed by atoms with E-state index in [4.69, 9.17) is 22.1 Å². The van der Waals surface area contributed by atoms with Crippen LogP contribution in [0.25, 0.3) is 0 Å². The van der Waals surface area contributed by atoms with Crippen LogP contribution < -0.4 is 10.5 Å². The summed E-state index contributed by atoms with van der Waals surface area (Å²) in [5, 5.41) is 0.498. The Bertz CT molecular complexity index is 658. The number of carbonyl (C=O) groups excluding carboxylic acids is 1. The minimum Gasteiger partial charge on any atom is -0.493 e. The number of ether oxygens (including phenoxy) is 1. The predicted molar refractivity (Wildman–Crippen MR) is 84.6 cm³/mol. The van der Waals surface area contributed by atoms with Crippen LogP contribution >= 0.6 is 27.5 Å². The number of nitrogen functional groups attached to an aromatic ring is 1. The Morgan fingerprint density at radius 3 is 2.65 bits per heavy atom. The zero-order valence-electron chi connectivity index (χ0n) is 10.8. The standard InChI is InChI=1S/C15H13BrClNO2/c1-2-20-14-6-3-9(16)7-12(14)15(19)11-5-4-10(17)8-13(11)18/h3-8H,2,18H2,1H3. The molecule has 0 aliphatic rings. The second kappa shape index (κ2) is 6.29. The maximum absolute atomic E-state index is 12.6. The van der Waals surface area contributed by atoms with Gasteiger partial charge in [0.05, 0.1) is 12.2 Å². The summed E-state index contributed by atoms with van der Waals surface area (Å²) in [4.78, 5) is 12.6. The SMILES string of the molecule is CCOc1ccc(Br)cc1C(=O)c1ccc(Cl)cc1N. The molecule has 0 saturated heterocycles. The maximum Gasteiger partial charge on any atom is 0.198 e. The van der Waals surface area contributed by atoms with Gasteiger partial charge in [-0.15, -0.1) is 0 Å². The van der Waals surface area contributed by atoms with Crippen LogP contribution in [0.5, 0.6) is 5.75 Å². The van der Waals surface area contributed by atoms with E-state index in [0.29, 0.717) is 34.2 Å². The quantitative estimate of drug-likeness (QED) is 0.657. The maximum atomic E-state index is 12.6. The highest BCUT2D eigenvalue weighted by Crippen LogP contribution is 2.28. The highest BCUT2D eigenvalue weighted by molar-refractivity contribution is 9.10. The van der Waals surface area contributed by atoms with Gasteiger partial charge >= 0.3 is 0 Å². The van der Waals surface area contributed by atoms with E-state index in [-0.39, 0.29) is 5.78 Å². The van der Waals surface area contributed by atoms with Crippen LogP contribution in [0.15, 0.2) is 40.9 Å². The molecule has 2 aromatic rings. The van der Waals surface area contributed by atoms with Crippen LogP contribution in [0, 0.1) is 0 Å². The number of carbonyl (C=O) groups is 1. The summed E-state index contributed by atoms with van der Waals surface area (Å²) in [6.07, 6.45) is 0. The van der Waals surface area contributed by atoms with E-state index in [1.54, 1.807) is 30.3 Å². The first-order valence-electron chi connectivity index (χ1n) is 6.05. The molecule has 0 aliphatic heterocycles. The number of ketones is 1. The zero-order valence-corrected chi connectivity index (χ0v) is 13.2. The normalized spacial score (nSPS) is 10.3. The molecule has 2 N–H and O–H groups in total. The molecule has 0 amide bonds. The average molecular weight is 355 g/mol. The monoisotopic (exact) mass is 353 g/mol. The van der Waals surface area contributed by atoms with Crippen molar-refractivity contribution in [2.75, 3.05) is 12.3 Å². The molecule has 2 aromatic carbocycles. The molecular weight excluding hydrogens is 342 g/mol. The lowest BCUT2D eigenvalue weighted by molar-refractivity contribution is 0.103. The number of benzene rings is 2. The molecule has 0 aromatic heterocycles. The minimum atomic E-state index is -0.191. The number of hydrogen-bond donors (Lipinski definition) is 1. The van der Waals surface area contributed by atoms with Crippen molar-refractivity contribution in [3.05, 3.63) is 57.0 Å². The number of anilines is 1. The molecule has 20 heavy (non-hydrogen) atoms. The van der Waals surface area contributed by atoms with Crippen molar-refractivity contribution in [2.24, 2.45) is 0 Å². The Labute approximate surface area is 130 Å². The van der Waals surface area contributed by atoms with Gasteiger partial charge in [0, 0.05) is 20.7 Å². The average Bonchev–Trinajstić information content (AvgIpc) is 2.40. The van der Waals surface area contributed by atoms with Crippen LogP contribution in [0.2, 0.25) is 5.02 Å². The third-order valence-electron chi connectivity index (χ3n) is 2.74. The lowest BCUT2D eigenvalue weighted by Crippen LogP contribution is -2.08. The number of rotatable bonds is 4. The first-order valence-corrected chi connectivity index (χ1v) is 7.22. The fraction of sp³-hybridized carbons (Fsp3) is 0.133. The summed E-state index contributed by atoms with van der Waals surface area (Å²) < 4.78 is 6.29. The summed E-state index contributed by atoms with van der Waals surface area (Å²) in [6, 6.07) is 10.1. The van der Waals surface area contributed by atoms with E-state index in [1.165, 1.54) is 0 Å². The van der Waals surface area contributed by atoms with Gasteiger partial charge in [-0.1, -0.05) is 27.5 Å². The topological polar surface area (TPSA) is 52.3 Å². The summed E-state index contributed by atoms with van der Waals surface area (Å²) in [5.41, 5.74) is 7.09. The van der Waals surface area contributed by atoms with E-state index in [9.17, 15) is 4.79 Å². The molecule has 2 rings (SSSR count). The van der Waals surface area contributed by atoms with Crippen molar-refractivity contribution in [1.29, 1.82) is 0 Å². The third-order valence-corrected chi connectivity index (χ3v) is 3.47. The summed E-state index contributed by atoms with van der Waals surface area (Å²) >= 11 is 9.21. The predicted octanol–water partition coefficient (Wildman–Crippen LogP) is 4.31. The Balaban J connectivity index is 2.49. The van der Waals surface area contributed by atoms with Crippen LogP contribution in [-0.4, -0.2) is 12.4 Å². The smallest absolute Gasteiger partial charge is 0.198 e. The highest BCUT2D eigenvalue weighted by atomic mass is 79.9. The lowest BCUT2D eigenvalue weighted by Gasteiger charge is -2.11. The van der Waals surface area contributed by atoms with E-state index in [0.717, 1.165) is 4.47 Å². The second-order valence-corrected chi connectivity index (χ2v) is 5.49. The van der Waals surface area contributed by atoms with E-state index in [1.807, 2.05) is 13.0 Å². The van der Waals surface area contributed by atoms with E-state index < -0.39 is 0 Å². The van der Waals surface area contributed by atoms with Gasteiger partial charge in [0.1, 0.15) is 5.75 Å². The van der Waals surface area contributed by atoms with E-state index >= 15 is 0 Å². The zero-order chi connectivity index (χ0) is 14.7. The van der Waals surface area contributed by atoms with Gasteiger partial charge in [0.15, 0.2) is 5.78 Å². The Morgan fingerprint density at radius 1 is 1.25 bits per heavy atom. The number of hydrogen-bond acceptors (Lipinski definition) is 3. The molecule has 0 unspecified atom stereocenters. The molecule has 3 nitrogen and oxygen atoms in total. The fourth-order valence-electron chi connectivity index (χ4n) is 1.85. The number of halogens is 2. The molecule has 0 saturated carbocycles. The Hall–Kier alpha value is -1.52. The molecule has 0 aliphatic carbocycles. The molecule has 0 spiro atoms. The van der Waals surface area contributed by atoms with Crippen LogP contribution in [-0.2, 0) is 0 Å². The summed E-state index contributed by atoms with van der Waals surface area (Å²) in [7, 11) is 0. The van der Waals surface area contributed by atoms with E-state index in [2.05, 4.69) is 15.9 Å². The van der Waals surface area contributed by atoms with Gasteiger partial charge in [-0.3, -0.25) is 4.79 Å². The van der Waals surface area contributed by atoms with Crippen molar-refractivity contribution in [2.45, 2.75) is 6.92 Å². The molecule has 0 atom stereocenters. The van der Waals surface area contributed by atoms with Gasteiger partial charge in [-0.2, -0.15) is 0 Å². The highest BCUT2D eigenvalue weighted by Gasteiger charge is 2.17. The molecule has 5 heteroatoms. The van der Waals surface area contributed by atoms with Gasteiger partial charge in [0.25, 0.3) is 0 Å². The van der Waals surface area contributed by atoms with Gasteiger partial charge in [-0.05, 0) is 43.3 Å². The lowest BCUT2D eigenvalue weighted by atomic mass is 10.0.